The summed E-state index contributed by atoms with van der Waals surface area (Å²) in [5, 5.41) is 0. The molecule has 0 aromatic heterocycles. The Morgan fingerprint density at radius 2 is 1.05 bits per heavy atom. The number of benzene rings is 2. The Hall–Kier alpha value is -0.807. The Morgan fingerprint density at radius 1 is 0.682 bits per heavy atom. The van der Waals surface area contributed by atoms with E-state index >= 15 is 0 Å². The van der Waals surface area contributed by atoms with Gasteiger partial charge in [0.25, 0.3) is 0 Å². The summed E-state index contributed by atoms with van der Waals surface area (Å²) in [7, 11) is 0. The van der Waals surface area contributed by atoms with Gasteiger partial charge in [-0.3, -0.25) is 0 Å². The first-order valence-corrected chi connectivity index (χ1v) is 9.74. The van der Waals surface area contributed by atoms with Gasteiger partial charge in [-0.25, -0.2) is 0 Å². The predicted octanol–water partition coefficient (Wildman–Crippen LogP) is 5.49. The molecule has 2 rings (SSSR count). The van der Waals surface area contributed by atoms with Gasteiger partial charge in [-0.1, -0.05) is 0 Å². The summed E-state index contributed by atoms with van der Waals surface area (Å²) in [6, 6.07) is 18.4. The van der Waals surface area contributed by atoms with Crippen molar-refractivity contribution in [1.82, 2.24) is 0 Å². The van der Waals surface area contributed by atoms with E-state index in [9.17, 15) is 0 Å². The molecule has 0 unspecified atom stereocenters. The maximum atomic E-state index is 2.30. The van der Waals surface area contributed by atoms with Crippen LogP contribution in [0.25, 0.3) is 0 Å². The third kappa shape index (κ3) is 5.13. The van der Waals surface area contributed by atoms with Crippen molar-refractivity contribution >= 4 is 3.21 Å². The molecule has 0 bridgehead atoms. The van der Waals surface area contributed by atoms with Gasteiger partial charge in [0, 0.05) is 0 Å². The summed E-state index contributed by atoms with van der Waals surface area (Å²) in [6.07, 6.45) is 7.51. The zero-order valence-electron chi connectivity index (χ0n) is 13.9. The molecule has 112 valence electrons. The topological polar surface area (TPSA) is 0 Å². The fraction of sp³-hybridized carbons (Fsp3) is 0.381. The van der Waals surface area contributed by atoms with Gasteiger partial charge in [0.15, 0.2) is 0 Å². The van der Waals surface area contributed by atoms with Gasteiger partial charge >= 0.3 is 151 Å². The Kier molecular flexibility index (Phi) is 7.46. The summed E-state index contributed by atoms with van der Waals surface area (Å²) >= 11 is 1.48. The average Bonchev–Trinajstić information content (AvgIpc) is 2.58. The maximum absolute atomic E-state index is 2.30. The fourth-order valence-electron chi connectivity index (χ4n) is 2.60. The first-order chi connectivity index (χ1) is 10.7. The van der Waals surface area contributed by atoms with Crippen LogP contribution < -0.4 is 0 Å². The summed E-state index contributed by atoms with van der Waals surface area (Å²) < 4.78 is 1.45. The molecule has 0 saturated heterocycles. The quantitative estimate of drug-likeness (QED) is 0.577. The fourth-order valence-corrected chi connectivity index (χ4v) is 3.42. The van der Waals surface area contributed by atoms with Crippen LogP contribution in [0.2, 0.25) is 0 Å². The standard InChI is InChI=1S/C21H26.Zr/c1-3-5-7-18-9-13-20(14-10-18)17-21-15-11-19(12-16-21)8-6-4-2;/h9-16H,3-8H2,1-2H3;/q;+2. The van der Waals surface area contributed by atoms with Crippen molar-refractivity contribution < 1.29 is 24.2 Å². The number of rotatable bonds is 8. The minimum atomic E-state index is 1.20. The molecule has 2 aromatic carbocycles. The second kappa shape index (κ2) is 9.36. The normalized spacial score (nSPS) is 10.7. The molecule has 0 aliphatic rings. The number of hydrogen-bond acceptors (Lipinski definition) is 0. The molecule has 0 nitrogen and oxygen atoms in total. The second-order valence-corrected chi connectivity index (χ2v) is 7.20. The molecule has 2 aromatic rings. The van der Waals surface area contributed by atoms with Gasteiger partial charge in [-0.15, -0.1) is 0 Å². The van der Waals surface area contributed by atoms with Crippen molar-refractivity contribution in [3.63, 3.8) is 0 Å². The van der Waals surface area contributed by atoms with Crippen LogP contribution in [-0.2, 0) is 37.1 Å². The van der Waals surface area contributed by atoms with E-state index in [4.69, 9.17) is 0 Å². The van der Waals surface area contributed by atoms with Crippen LogP contribution in [0.5, 0.6) is 0 Å². The molecule has 0 amide bonds. The summed E-state index contributed by atoms with van der Waals surface area (Å²) in [4.78, 5) is 0. The van der Waals surface area contributed by atoms with E-state index in [1.165, 1.54) is 88.2 Å². The molecular formula is C21H26Zr+2. The van der Waals surface area contributed by atoms with Crippen LogP contribution >= 0.6 is 0 Å². The Bertz CT molecular complexity index is 525. The van der Waals surface area contributed by atoms with E-state index < -0.39 is 0 Å². The predicted molar refractivity (Wildman–Crippen MR) is 93.3 cm³/mol. The average molecular weight is 370 g/mol. The van der Waals surface area contributed by atoms with Crippen molar-refractivity contribution in [2.45, 2.75) is 52.4 Å². The van der Waals surface area contributed by atoms with E-state index in [-0.39, 0.29) is 0 Å². The van der Waals surface area contributed by atoms with Crippen LogP contribution in [0.4, 0.5) is 0 Å². The molecule has 0 aliphatic carbocycles. The monoisotopic (exact) mass is 368 g/mol. The molecule has 0 fully saturated rings. The first-order valence-electron chi connectivity index (χ1n) is 8.51. The molecule has 1 heteroatoms. The van der Waals surface area contributed by atoms with Gasteiger partial charge in [-0.05, 0) is 0 Å². The summed E-state index contributed by atoms with van der Waals surface area (Å²) in [5.41, 5.74) is 5.67. The molecule has 0 aliphatic heterocycles. The third-order valence-electron chi connectivity index (χ3n) is 4.12. The van der Waals surface area contributed by atoms with Crippen LogP contribution in [0.1, 0.15) is 61.8 Å². The van der Waals surface area contributed by atoms with Crippen LogP contribution in [0.3, 0.4) is 0 Å². The SMILES string of the molecule is CCCCc1ccc([C](=[Zr+2])c2ccc(CCCC)cc2)cc1. The third-order valence-corrected chi connectivity index (χ3v) is 5.54. The summed E-state index contributed by atoms with van der Waals surface area (Å²) in [5.74, 6) is 0. The second-order valence-electron chi connectivity index (χ2n) is 5.98. The van der Waals surface area contributed by atoms with Crippen molar-refractivity contribution in [3.8, 4) is 0 Å². The van der Waals surface area contributed by atoms with E-state index in [0.717, 1.165) is 0 Å². The van der Waals surface area contributed by atoms with E-state index in [1.807, 2.05) is 0 Å². The zero-order valence-corrected chi connectivity index (χ0v) is 16.3. The molecule has 0 heterocycles. The molecule has 0 N–H and O–H groups in total. The zero-order chi connectivity index (χ0) is 15.8. The van der Waals surface area contributed by atoms with Crippen LogP contribution in [0.15, 0.2) is 48.5 Å². The van der Waals surface area contributed by atoms with Gasteiger partial charge in [0.05, 0.1) is 0 Å². The van der Waals surface area contributed by atoms with Crippen LogP contribution in [-0.4, -0.2) is 3.21 Å². The first kappa shape index (κ1) is 17.5. The molecule has 22 heavy (non-hydrogen) atoms. The number of aryl methyl sites for hydroxylation is 2. The molecule has 0 atom stereocenters. The van der Waals surface area contributed by atoms with Crippen LogP contribution in [0, 0.1) is 0 Å². The van der Waals surface area contributed by atoms with Crippen molar-refractivity contribution in [2.75, 3.05) is 0 Å². The van der Waals surface area contributed by atoms with Crippen molar-refractivity contribution in [3.05, 3.63) is 70.8 Å². The van der Waals surface area contributed by atoms with Gasteiger partial charge in [0.1, 0.15) is 0 Å². The molecule has 0 spiro atoms. The van der Waals surface area contributed by atoms with Crippen molar-refractivity contribution in [2.24, 2.45) is 0 Å². The van der Waals surface area contributed by atoms with E-state index in [0.29, 0.717) is 0 Å². The number of unbranched alkanes of at least 4 members (excludes halogenated alkanes) is 2. The van der Waals surface area contributed by atoms with Gasteiger partial charge < -0.3 is 0 Å². The Labute approximate surface area is 150 Å². The van der Waals surface area contributed by atoms with Gasteiger partial charge in [0.2, 0.25) is 0 Å². The molecular weight excluding hydrogens is 343 g/mol. The molecule has 0 radical (unpaired) electrons. The van der Waals surface area contributed by atoms with Crippen molar-refractivity contribution in [1.29, 1.82) is 0 Å². The Balaban J connectivity index is 2.04. The minimum absolute atomic E-state index is 1.20. The number of hydrogen-bond donors (Lipinski definition) is 0. The van der Waals surface area contributed by atoms with E-state index in [1.54, 1.807) is 0 Å². The van der Waals surface area contributed by atoms with E-state index in [2.05, 4.69) is 62.4 Å². The van der Waals surface area contributed by atoms with Gasteiger partial charge in [-0.2, -0.15) is 0 Å². The Morgan fingerprint density at radius 3 is 1.36 bits per heavy atom. The summed E-state index contributed by atoms with van der Waals surface area (Å²) in [6.45, 7) is 4.50. The molecule has 0 saturated carbocycles.